The highest BCUT2D eigenvalue weighted by atomic mass is 19.4. The first-order valence-electron chi connectivity index (χ1n) is 16.0. The van der Waals surface area contributed by atoms with Crippen LogP contribution in [-0.4, -0.2) is 64.8 Å². The van der Waals surface area contributed by atoms with Crippen molar-refractivity contribution in [3.05, 3.63) is 125 Å². The number of pyridine rings is 1. The van der Waals surface area contributed by atoms with E-state index in [1.807, 2.05) is 66.0 Å². The van der Waals surface area contributed by atoms with Crippen molar-refractivity contribution in [2.45, 2.75) is 43.1 Å². The molecule has 14 heteroatoms. The van der Waals surface area contributed by atoms with Gasteiger partial charge in [0.1, 0.15) is 18.2 Å². The number of alkyl halides is 3. The molecule has 1 aliphatic rings. The molecule has 0 aliphatic carbocycles. The molecule has 6 N–H and O–H groups in total. The van der Waals surface area contributed by atoms with E-state index < -0.39 is 42.3 Å². The van der Waals surface area contributed by atoms with Crippen LogP contribution in [0.15, 0.2) is 91.3 Å². The molecule has 50 heavy (non-hydrogen) atoms. The Morgan fingerprint density at radius 1 is 1.00 bits per heavy atom. The van der Waals surface area contributed by atoms with Gasteiger partial charge in [0.2, 0.25) is 5.91 Å². The Morgan fingerprint density at radius 3 is 2.34 bits per heavy atom. The number of hydrogen-bond acceptors (Lipinski definition) is 7. The van der Waals surface area contributed by atoms with Gasteiger partial charge in [0.25, 0.3) is 5.91 Å². The highest BCUT2D eigenvalue weighted by Crippen LogP contribution is 2.29. The van der Waals surface area contributed by atoms with Crippen molar-refractivity contribution in [2.75, 3.05) is 25.0 Å². The first kappa shape index (κ1) is 34.7. The molecular formula is C36H35F4N7O3. The lowest BCUT2D eigenvalue weighted by molar-refractivity contribution is -0.123. The van der Waals surface area contributed by atoms with Crippen molar-refractivity contribution in [3.63, 3.8) is 0 Å². The first-order chi connectivity index (χ1) is 24.1. The van der Waals surface area contributed by atoms with Crippen molar-refractivity contribution in [2.24, 2.45) is 5.73 Å². The van der Waals surface area contributed by atoms with Gasteiger partial charge in [-0.05, 0) is 42.2 Å². The molecule has 0 radical (unpaired) electrons. The second kappa shape index (κ2) is 15.2. The zero-order valence-corrected chi connectivity index (χ0v) is 26.7. The van der Waals surface area contributed by atoms with Gasteiger partial charge in [0.15, 0.2) is 0 Å². The third kappa shape index (κ3) is 8.33. The Labute approximate surface area is 284 Å². The molecule has 1 saturated heterocycles. The highest BCUT2D eigenvalue weighted by Gasteiger charge is 2.30. The molecule has 1 fully saturated rings. The van der Waals surface area contributed by atoms with E-state index in [1.165, 1.54) is 18.3 Å². The molecule has 10 nitrogen and oxygen atoms in total. The van der Waals surface area contributed by atoms with Crippen LogP contribution in [-0.2, 0) is 16.0 Å². The molecule has 260 valence electrons. The topological polar surface area (TPSA) is 147 Å². The Balaban J connectivity index is 1.07. The number of ether oxygens (including phenoxy) is 1. The van der Waals surface area contributed by atoms with Gasteiger partial charge in [-0.25, -0.2) is 9.37 Å². The number of nitrogens with one attached hydrogen (secondary N) is 4. The number of carbonyl (C=O) groups is 2. The summed E-state index contributed by atoms with van der Waals surface area (Å²) in [5, 5.41) is 8.03. The average molecular weight is 690 g/mol. The Bertz CT molecular complexity index is 1890. The fraction of sp³-hybridized carbons (Fsp3) is 0.278. The van der Waals surface area contributed by atoms with Crippen LogP contribution in [0.1, 0.15) is 51.3 Å². The van der Waals surface area contributed by atoms with Gasteiger partial charge in [-0.2, -0.15) is 13.2 Å². The summed E-state index contributed by atoms with van der Waals surface area (Å²) < 4.78 is 58.7. The van der Waals surface area contributed by atoms with Gasteiger partial charge in [0.05, 0.1) is 53.9 Å². The molecule has 3 atom stereocenters. The summed E-state index contributed by atoms with van der Waals surface area (Å²) in [5.41, 5.74) is 9.94. The second-order valence-electron chi connectivity index (χ2n) is 12.1. The molecule has 3 aromatic carbocycles. The number of benzene rings is 3. The fourth-order valence-corrected chi connectivity index (χ4v) is 6.03. The van der Waals surface area contributed by atoms with E-state index in [0.29, 0.717) is 29.8 Å². The smallest absolute Gasteiger partial charge is 0.375 e. The molecule has 2 amide bonds. The number of morpholine rings is 1. The monoisotopic (exact) mass is 689 g/mol. The van der Waals surface area contributed by atoms with Crippen molar-refractivity contribution in [1.29, 1.82) is 0 Å². The second-order valence-corrected chi connectivity index (χ2v) is 12.1. The van der Waals surface area contributed by atoms with Crippen LogP contribution in [0.3, 0.4) is 0 Å². The Hall–Kier alpha value is -5.18. The van der Waals surface area contributed by atoms with Gasteiger partial charge in [-0.1, -0.05) is 60.7 Å². The molecule has 1 aliphatic heterocycles. The van der Waals surface area contributed by atoms with Crippen molar-refractivity contribution in [1.82, 2.24) is 25.6 Å². The van der Waals surface area contributed by atoms with Gasteiger partial charge in [-0.15, -0.1) is 0 Å². The van der Waals surface area contributed by atoms with Gasteiger partial charge in [0, 0.05) is 23.6 Å². The predicted molar refractivity (Wildman–Crippen MR) is 179 cm³/mol. The van der Waals surface area contributed by atoms with Gasteiger partial charge in [-0.3, -0.25) is 14.6 Å². The van der Waals surface area contributed by atoms with E-state index in [4.69, 9.17) is 10.5 Å². The molecule has 0 spiro atoms. The van der Waals surface area contributed by atoms with Gasteiger partial charge < -0.3 is 31.4 Å². The van der Waals surface area contributed by atoms with E-state index >= 15 is 4.39 Å². The first-order valence-corrected chi connectivity index (χ1v) is 16.0. The normalized spacial score (nSPS) is 17.1. The zero-order valence-electron chi connectivity index (χ0n) is 26.7. The minimum Gasteiger partial charge on any atom is -0.375 e. The summed E-state index contributed by atoms with van der Waals surface area (Å²) in [5.74, 6) is -1.78. The standard InChI is InChI=1S/C36H35F4N7O3/c37-26-17-42-18-29(47-35(49)32(41)31(21-7-3-1-4-8-21)22-9-5-2-6-10-22)25(26)13-12-24-16-43-30(19-50-24)33-45-27-14-11-23(15-28(27)46-33)34(48)44-20-36(38,39)40/h1-11,14-15,17-18,24,30-32,43H,12-13,16,19-20,41H2,(H,44,48)(H,45,46)(H,47,49)/t24-,30+,32-/m1/s1. The minimum atomic E-state index is -4.51. The molecule has 2 aromatic heterocycles. The Kier molecular flexibility index (Phi) is 10.5. The number of aromatic nitrogens is 3. The zero-order chi connectivity index (χ0) is 35.3. The van der Waals surface area contributed by atoms with E-state index in [9.17, 15) is 22.8 Å². The summed E-state index contributed by atoms with van der Waals surface area (Å²) in [6.45, 7) is -0.770. The van der Waals surface area contributed by atoms with Crippen LogP contribution < -0.4 is 21.7 Å². The SMILES string of the molecule is N[C@@H](C(=O)Nc1cncc(F)c1CC[C@@H]1CN[C@H](c2nc3ccc(C(=O)NCC(F)(F)F)cc3[nH]2)CO1)C(c1ccccc1)c1ccccc1. The summed E-state index contributed by atoms with van der Waals surface area (Å²) in [4.78, 5) is 37.3. The maximum Gasteiger partial charge on any atom is 0.405 e. The third-order valence-electron chi connectivity index (χ3n) is 8.59. The average Bonchev–Trinajstić information content (AvgIpc) is 3.55. The quantitative estimate of drug-likeness (QED) is 0.121. The summed E-state index contributed by atoms with van der Waals surface area (Å²) in [6.07, 6.45) is -1.60. The lowest BCUT2D eigenvalue weighted by Crippen LogP contribution is -2.42. The van der Waals surface area contributed by atoms with Crippen LogP contribution >= 0.6 is 0 Å². The third-order valence-corrected chi connectivity index (χ3v) is 8.59. The number of nitrogens with zero attached hydrogens (tertiary/aromatic N) is 2. The number of anilines is 1. The lowest BCUT2D eigenvalue weighted by Gasteiger charge is -2.29. The minimum absolute atomic E-state index is 0.0676. The predicted octanol–water partition coefficient (Wildman–Crippen LogP) is 5.15. The number of H-pyrrole nitrogens is 1. The summed E-state index contributed by atoms with van der Waals surface area (Å²) >= 11 is 0. The van der Waals surface area contributed by atoms with Crippen LogP contribution in [0.5, 0.6) is 0 Å². The number of rotatable bonds is 11. The van der Waals surface area contributed by atoms with E-state index in [0.717, 1.165) is 17.3 Å². The largest absolute Gasteiger partial charge is 0.405 e. The molecule has 0 unspecified atom stereocenters. The molecule has 6 rings (SSSR count). The van der Waals surface area contributed by atoms with Crippen LogP contribution in [0.25, 0.3) is 11.0 Å². The summed E-state index contributed by atoms with van der Waals surface area (Å²) in [7, 11) is 0. The maximum absolute atomic E-state index is 15.1. The number of fused-ring (bicyclic) bond motifs is 1. The molecule has 0 bridgehead atoms. The number of aromatic amines is 1. The number of carbonyl (C=O) groups excluding carboxylic acids is 2. The van der Waals surface area contributed by atoms with Crippen molar-refractivity contribution >= 4 is 28.5 Å². The molecule has 3 heterocycles. The van der Waals surface area contributed by atoms with Crippen LogP contribution in [0, 0.1) is 5.82 Å². The maximum atomic E-state index is 15.1. The van der Waals surface area contributed by atoms with Crippen molar-refractivity contribution in [3.8, 4) is 0 Å². The van der Waals surface area contributed by atoms with E-state index in [1.54, 1.807) is 6.07 Å². The molecule has 0 saturated carbocycles. The molecule has 5 aromatic rings. The number of nitrogens with two attached hydrogens (primary N) is 1. The highest BCUT2D eigenvalue weighted by molar-refractivity contribution is 5.97. The number of amides is 2. The van der Waals surface area contributed by atoms with Crippen LogP contribution in [0.4, 0.5) is 23.2 Å². The molecular weight excluding hydrogens is 654 g/mol. The lowest BCUT2D eigenvalue weighted by atomic mass is 9.85. The van der Waals surface area contributed by atoms with Crippen molar-refractivity contribution < 1.29 is 31.9 Å². The van der Waals surface area contributed by atoms with Gasteiger partial charge >= 0.3 is 6.18 Å². The Morgan fingerprint density at radius 2 is 1.70 bits per heavy atom. The summed E-state index contributed by atoms with van der Waals surface area (Å²) in [6, 6.07) is 22.1. The van der Waals surface area contributed by atoms with E-state index in [2.05, 4.69) is 25.6 Å². The van der Waals surface area contributed by atoms with Crippen LogP contribution in [0.2, 0.25) is 0 Å². The van der Waals surface area contributed by atoms with E-state index in [-0.39, 0.29) is 42.0 Å². The fourth-order valence-electron chi connectivity index (χ4n) is 6.03. The number of hydrogen-bond donors (Lipinski definition) is 5. The number of halogens is 4. The number of imidazole rings is 1.